The second-order valence-corrected chi connectivity index (χ2v) is 5.75. The predicted molar refractivity (Wildman–Crippen MR) is 74.2 cm³/mol. The van der Waals surface area contributed by atoms with E-state index in [0.717, 1.165) is 13.0 Å². The maximum absolute atomic E-state index is 9.66. The van der Waals surface area contributed by atoms with E-state index < -0.39 is 5.06 Å². The molecule has 1 heterocycles. The molecule has 0 amide bonds. The molecule has 2 unspecified atom stereocenters. The molecule has 4 heteroatoms. The van der Waals surface area contributed by atoms with E-state index in [0.29, 0.717) is 5.57 Å². The first-order chi connectivity index (χ1) is 7.95. The number of halogens is 2. The van der Waals surface area contributed by atoms with Gasteiger partial charge in [-0.25, -0.2) is 0 Å². The first-order valence-electron chi connectivity index (χ1n) is 6.16. The van der Waals surface area contributed by atoms with E-state index in [4.69, 9.17) is 23.2 Å². The van der Waals surface area contributed by atoms with E-state index in [1.54, 1.807) is 13.0 Å². The second-order valence-electron chi connectivity index (χ2n) is 4.56. The van der Waals surface area contributed by atoms with Crippen molar-refractivity contribution < 1.29 is 5.11 Å². The second kappa shape index (κ2) is 6.67. The van der Waals surface area contributed by atoms with Crippen molar-refractivity contribution in [2.45, 2.75) is 50.1 Å². The molecule has 0 aliphatic carbocycles. The molecular weight excluding hydrogens is 257 g/mol. The predicted octanol–water partition coefficient (Wildman–Crippen LogP) is 3.83. The Morgan fingerprint density at radius 3 is 2.65 bits per heavy atom. The van der Waals surface area contributed by atoms with Crippen molar-refractivity contribution in [3.8, 4) is 0 Å². The van der Waals surface area contributed by atoms with Gasteiger partial charge in [0.2, 0.25) is 0 Å². The van der Waals surface area contributed by atoms with Gasteiger partial charge in [-0.3, -0.25) is 0 Å². The summed E-state index contributed by atoms with van der Waals surface area (Å²) in [5.74, 6) is 0. The molecule has 2 atom stereocenters. The number of unbranched alkanes of at least 4 members (excludes halogenated alkanes) is 3. The van der Waals surface area contributed by atoms with Crippen LogP contribution in [0.2, 0.25) is 0 Å². The lowest BCUT2D eigenvalue weighted by Crippen LogP contribution is -2.31. The lowest BCUT2D eigenvalue weighted by Gasteiger charge is -2.30. The lowest BCUT2D eigenvalue weighted by atomic mass is 10.1. The van der Waals surface area contributed by atoms with Crippen LogP contribution in [0.3, 0.4) is 0 Å². The minimum atomic E-state index is -1.34. The van der Waals surface area contributed by atoms with Gasteiger partial charge in [-0.1, -0.05) is 49.4 Å². The summed E-state index contributed by atoms with van der Waals surface area (Å²) >= 11 is 12.1. The van der Waals surface area contributed by atoms with E-state index >= 15 is 0 Å². The van der Waals surface area contributed by atoms with Crippen LogP contribution in [0.15, 0.2) is 23.9 Å². The van der Waals surface area contributed by atoms with Crippen molar-refractivity contribution in [3.63, 3.8) is 0 Å². The summed E-state index contributed by atoms with van der Waals surface area (Å²) in [6.07, 6.45) is 10.4. The summed E-state index contributed by atoms with van der Waals surface area (Å²) in [6, 6.07) is 0. The van der Waals surface area contributed by atoms with Crippen LogP contribution in [-0.2, 0) is 0 Å². The summed E-state index contributed by atoms with van der Waals surface area (Å²) in [7, 11) is 0. The van der Waals surface area contributed by atoms with Crippen molar-refractivity contribution in [2.75, 3.05) is 6.54 Å². The van der Waals surface area contributed by atoms with E-state index in [1.165, 1.54) is 19.3 Å². The number of aliphatic hydroxyl groups is 1. The fraction of sp³-hybridized carbons (Fsp3) is 0.692. The summed E-state index contributed by atoms with van der Waals surface area (Å²) < 4.78 is 0. The molecule has 0 aromatic rings. The molecule has 1 rings (SSSR count). The van der Waals surface area contributed by atoms with Gasteiger partial charge in [0.15, 0.2) is 5.06 Å². The highest BCUT2D eigenvalue weighted by molar-refractivity contribution is 6.25. The van der Waals surface area contributed by atoms with Gasteiger partial charge in [0.05, 0.1) is 0 Å². The van der Waals surface area contributed by atoms with Gasteiger partial charge in [-0.2, -0.15) is 0 Å². The number of hydrogen-bond donors (Lipinski definition) is 1. The minimum Gasteiger partial charge on any atom is -0.371 e. The maximum Gasteiger partial charge on any atom is 0.161 e. The minimum absolute atomic E-state index is 0.221. The first-order valence-corrected chi connectivity index (χ1v) is 6.98. The number of hydrogen-bond acceptors (Lipinski definition) is 2. The monoisotopic (exact) mass is 277 g/mol. The van der Waals surface area contributed by atoms with Gasteiger partial charge in [0.1, 0.15) is 5.50 Å². The zero-order valence-corrected chi connectivity index (χ0v) is 12.0. The zero-order chi connectivity index (χ0) is 12.9. The molecule has 1 aliphatic heterocycles. The topological polar surface area (TPSA) is 23.5 Å². The van der Waals surface area contributed by atoms with Crippen molar-refractivity contribution in [2.24, 2.45) is 0 Å². The summed E-state index contributed by atoms with van der Waals surface area (Å²) in [5, 5.41) is 8.33. The van der Waals surface area contributed by atoms with Gasteiger partial charge in [-0.05, 0) is 31.1 Å². The average molecular weight is 278 g/mol. The van der Waals surface area contributed by atoms with Crippen LogP contribution in [0.1, 0.15) is 39.5 Å². The van der Waals surface area contributed by atoms with Crippen LogP contribution in [0.4, 0.5) is 0 Å². The van der Waals surface area contributed by atoms with Crippen molar-refractivity contribution in [1.82, 2.24) is 4.90 Å². The molecule has 0 aromatic heterocycles. The zero-order valence-electron chi connectivity index (χ0n) is 10.5. The van der Waals surface area contributed by atoms with Gasteiger partial charge >= 0.3 is 0 Å². The Morgan fingerprint density at radius 2 is 2.12 bits per heavy atom. The molecule has 0 aromatic carbocycles. The van der Waals surface area contributed by atoms with Gasteiger partial charge in [0, 0.05) is 12.7 Å². The summed E-state index contributed by atoms with van der Waals surface area (Å²) in [5.41, 5.74) is 0.436. The Labute approximate surface area is 114 Å². The third-order valence-corrected chi connectivity index (χ3v) is 3.47. The Balaban J connectivity index is 2.44. The third-order valence-electron chi connectivity index (χ3n) is 2.88. The number of rotatable bonds is 6. The van der Waals surface area contributed by atoms with Crippen molar-refractivity contribution in [1.29, 1.82) is 0 Å². The molecule has 0 saturated heterocycles. The molecule has 0 radical (unpaired) electrons. The molecular formula is C13H21Cl2NO. The highest BCUT2D eigenvalue weighted by Crippen LogP contribution is 2.28. The molecule has 0 bridgehead atoms. The highest BCUT2D eigenvalue weighted by atomic mass is 35.5. The standard InChI is InChI=1S/C13H21Cl2NO/c1-3-4-5-6-8-16-9-7-11(10-12(16)14)13(2,15)17/h7,9-10,12,17H,3-6,8H2,1-2H3. The smallest absolute Gasteiger partial charge is 0.161 e. The molecule has 1 aliphatic rings. The van der Waals surface area contributed by atoms with Crippen LogP contribution in [0, 0.1) is 0 Å². The van der Waals surface area contributed by atoms with E-state index in [-0.39, 0.29) is 5.50 Å². The Hall–Kier alpha value is -0.180. The quantitative estimate of drug-likeness (QED) is 0.453. The maximum atomic E-state index is 9.66. The van der Waals surface area contributed by atoms with Crippen LogP contribution >= 0.6 is 23.2 Å². The SMILES string of the molecule is CCCCCCN1C=CC(C(C)(O)Cl)=CC1Cl. The lowest BCUT2D eigenvalue weighted by molar-refractivity contribution is 0.189. The Kier molecular flexibility index (Phi) is 5.84. The number of nitrogens with zero attached hydrogens (tertiary/aromatic N) is 1. The molecule has 17 heavy (non-hydrogen) atoms. The van der Waals surface area contributed by atoms with E-state index in [2.05, 4.69) is 11.8 Å². The van der Waals surface area contributed by atoms with Crippen molar-refractivity contribution >= 4 is 23.2 Å². The van der Waals surface area contributed by atoms with Crippen molar-refractivity contribution in [3.05, 3.63) is 23.9 Å². The Morgan fingerprint density at radius 1 is 1.41 bits per heavy atom. The van der Waals surface area contributed by atoms with E-state index in [1.807, 2.05) is 12.3 Å². The summed E-state index contributed by atoms with van der Waals surface area (Å²) in [6.45, 7) is 4.69. The fourth-order valence-electron chi connectivity index (χ4n) is 1.78. The third kappa shape index (κ3) is 4.90. The fourth-order valence-corrected chi connectivity index (χ4v) is 2.21. The molecule has 0 saturated carbocycles. The number of alkyl halides is 2. The van der Waals surface area contributed by atoms with Gasteiger partial charge in [0.25, 0.3) is 0 Å². The summed E-state index contributed by atoms with van der Waals surface area (Å²) in [4.78, 5) is 2.06. The largest absolute Gasteiger partial charge is 0.371 e. The van der Waals surface area contributed by atoms with E-state index in [9.17, 15) is 5.11 Å². The normalized spacial score (nSPS) is 23.5. The van der Waals surface area contributed by atoms with Crippen LogP contribution in [0.5, 0.6) is 0 Å². The Bertz CT molecular complexity index is 294. The molecule has 0 spiro atoms. The first kappa shape index (κ1) is 14.9. The van der Waals surface area contributed by atoms with Crippen LogP contribution in [0.25, 0.3) is 0 Å². The molecule has 1 N–H and O–H groups in total. The molecule has 98 valence electrons. The van der Waals surface area contributed by atoms with Crippen LogP contribution in [-0.4, -0.2) is 27.1 Å². The molecule has 2 nitrogen and oxygen atoms in total. The van der Waals surface area contributed by atoms with Gasteiger partial charge in [-0.15, -0.1) is 0 Å². The van der Waals surface area contributed by atoms with Crippen LogP contribution < -0.4 is 0 Å². The van der Waals surface area contributed by atoms with Gasteiger partial charge < -0.3 is 10.0 Å². The highest BCUT2D eigenvalue weighted by Gasteiger charge is 2.25. The molecule has 0 fully saturated rings. The average Bonchev–Trinajstić information content (AvgIpc) is 2.24.